The van der Waals surface area contributed by atoms with Gasteiger partial charge in [0.2, 0.25) is 0 Å². The van der Waals surface area contributed by atoms with Crippen LogP contribution in [0.5, 0.6) is 0 Å². The van der Waals surface area contributed by atoms with Gasteiger partial charge in [0.25, 0.3) is 21.2 Å². The van der Waals surface area contributed by atoms with E-state index in [1.54, 1.807) is 0 Å². The Labute approximate surface area is 98.8 Å². The molecule has 0 radical (unpaired) electrons. The summed E-state index contributed by atoms with van der Waals surface area (Å²) >= 11 is 0. The number of alkyl halides is 2. The number of hydrogen-bond donors (Lipinski definition) is 0. The van der Waals surface area contributed by atoms with Crippen molar-refractivity contribution < 1.29 is 22.1 Å². The van der Waals surface area contributed by atoms with Crippen molar-refractivity contribution in [2.45, 2.75) is 18.2 Å². The molecule has 0 aromatic carbocycles. The molecule has 0 saturated carbocycles. The summed E-state index contributed by atoms with van der Waals surface area (Å²) < 4.78 is 47.7. The molecule has 0 amide bonds. The van der Waals surface area contributed by atoms with Crippen LogP contribution in [-0.4, -0.2) is 18.3 Å². The van der Waals surface area contributed by atoms with Crippen LogP contribution in [0.2, 0.25) is 0 Å². The third kappa shape index (κ3) is 2.67. The van der Waals surface area contributed by atoms with E-state index < -0.39 is 36.5 Å². The maximum Gasteiger partial charge on any atom is 0.297 e. The summed E-state index contributed by atoms with van der Waals surface area (Å²) in [6.45, 7) is 1.12. The molecule has 1 heterocycles. The Morgan fingerprint density at radius 3 is 2.41 bits per heavy atom. The van der Waals surface area contributed by atoms with Crippen LogP contribution in [0.4, 0.5) is 14.5 Å². The summed E-state index contributed by atoms with van der Waals surface area (Å²) in [5, 5.41) is 10.5. The van der Waals surface area contributed by atoms with Crippen molar-refractivity contribution in [3.63, 3.8) is 0 Å². The van der Waals surface area contributed by atoms with Crippen LogP contribution in [-0.2, 0) is 9.05 Å². The number of aryl methyl sites for hydroxylation is 1. The summed E-state index contributed by atoms with van der Waals surface area (Å²) in [5.41, 5.74) is -2.64. The Balaban J connectivity index is 3.80. The number of nitro groups is 1. The van der Waals surface area contributed by atoms with Crippen molar-refractivity contribution in [3.05, 3.63) is 27.6 Å². The fraction of sp³-hybridized carbons (Fsp3) is 0.286. The van der Waals surface area contributed by atoms with Crippen LogP contribution in [0.3, 0.4) is 0 Å². The summed E-state index contributed by atoms with van der Waals surface area (Å²) in [6, 6.07) is 0. The Hall–Kier alpha value is -1.35. The van der Waals surface area contributed by atoms with Crippen LogP contribution in [0, 0.1) is 17.0 Å². The fourth-order valence-corrected chi connectivity index (χ4v) is 2.71. The van der Waals surface area contributed by atoms with Gasteiger partial charge in [0.15, 0.2) is 0 Å². The van der Waals surface area contributed by atoms with Gasteiger partial charge in [0.05, 0.1) is 10.6 Å². The second-order valence-electron chi connectivity index (χ2n) is 2.97. The van der Waals surface area contributed by atoms with Gasteiger partial charge in [0, 0.05) is 10.7 Å². The quantitative estimate of drug-likeness (QED) is 0.482. The van der Waals surface area contributed by atoms with Gasteiger partial charge in [-0.1, -0.05) is 0 Å². The summed E-state index contributed by atoms with van der Waals surface area (Å²) in [4.78, 5) is 11.7. The molecule has 0 aliphatic rings. The lowest BCUT2D eigenvalue weighted by molar-refractivity contribution is -0.386. The zero-order chi connectivity index (χ0) is 13.4. The van der Waals surface area contributed by atoms with Crippen molar-refractivity contribution in [1.29, 1.82) is 0 Å². The molecule has 0 fully saturated rings. The highest BCUT2D eigenvalue weighted by molar-refractivity contribution is 8.13. The molecule has 0 aliphatic heterocycles. The van der Waals surface area contributed by atoms with Gasteiger partial charge in [-0.05, 0) is 6.92 Å². The fourth-order valence-electron chi connectivity index (χ4n) is 1.26. The van der Waals surface area contributed by atoms with Gasteiger partial charge in [-0.3, -0.25) is 15.1 Å². The average Bonchev–Trinajstić information content (AvgIpc) is 2.14. The molecular weight excluding hydrogens is 282 g/mol. The van der Waals surface area contributed by atoms with E-state index in [0.717, 1.165) is 6.92 Å². The molecule has 0 spiro atoms. The van der Waals surface area contributed by atoms with E-state index in [4.69, 9.17) is 10.7 Å². The Kier molecular flexibility index (Phi) is 3.62. The zero-order valence-electron chi connectivity index (χ0n) is 8.22. The van der Waals surface area contributed by atoms with E-state index in [2.05, 4.69) is 4.98 Å². The van der Waals surface area contributed by atoms with Crippen molar-refractivity contribution in [1.82, 2.24) is 4.98 Å². The molecule has 0 aliphatic carbocycles. The lowest BCUT2D eigenvalue weighted by atomic mass is 10.2. The largest absolute Gasteiger partial charge is 0.297 e. The Morgan fingerprint density at radius 1 is 1.53 bits per heavy atom. The molecule has 6 nitrogen and oxygen atoms in total. The molecule has 1 rings (SSSR count). The van der Waals surface area contributed by atoms with E-state index in [0.29, 0.717) is 6.20 Å². The molecule has 0 unspecified atom stereocenters. The second kappa shape index (κ2) is 4.49. The first-order valence-corrected chi connectivity index (χ1v) is 6.34. The van der Waals surface area contributed by atoms with Gasteiger partial charge in [0.1, 0.15) is 16.7 Å². The first kappa shape index (κ1) is 13.7. The highest BCUT2D eigenvalue weighted by Gasteiger charge is 2.33. The van der Waals surface area contributed by atoms with Crippen molar-refractivity contribution in [3.8, 4) is 0 Å². The van der Waals surface area contributed by atoms with E-state index in [9.17, 15) is 27.3 Å². The maximum absolute atomic E-state index is 12.7. The Morgan fingerprint density at radius 2 is 2.06 bits per heavy atom. The Bertz CT molecular complexity index is 575. The standard InChI is InChI=1S/C7H5ClF2N2O4S/c1-3-6(17(8,15)16)5(7(9)10)4(2-11-3)12(13)14/h2,7H,1H3. The number of rotatable bonds is 3. The van der Waals surface area contributed by atoms with Crippen molar-refractivity contribution >= 4 is 25.4 Å². The predicted molar refractivity (Wildman–Crippen MR) is 53.6 cm³/mol. The first-order chi connectivity index (χ1) is 7.66. The molecule has 1 aromatic rings. The molecule has 94 valence electrons. The lowest BCUT2D eigenvalue weighted by Gasteiger charge is -2.08. The highest BCUT2D eigenvalue weighted by Crippen LogP contribution is 2.36. The van der Waals surface area contributed by atoms with Gasteiger partial charge in [-0.25, -0.2) is 17.2 Å². The van der Waals surface area contributed by atoms with Crippen LogP contribution >= 0.6 is 10.7 Å². The monoisotopic (exact) mass is 286 g/mol. The minimum absolute atomic E-state index is 0.319. The first-order valence-electron chi connectivity index (χ1n) is 4.03. The molecule has 0 bridgehead atoms. The van der Waals surface area contributed by atoms with Gasteiger partial charge < -0.3 is 0 Å². The minimum atomic E-state index is -4.54. The number of hydrogen-bond acceptors (Lipinski definition) is 5. The average molecular weight is 287 g/mol. The summed E-state index contributed by atoms with van der Waals surface area (Å²) in [5.74, 6) is 0. The zero-order valence-corrected chi connectivity index (χ0v) is 9.80. The molecule has 17 heavy (non-hydrogen) atoms. The molecule has 0 saturated heterocycles. The third-order valence-corrected chi connectivity index (χ3v) is 3.35. The molecule has 0 N–H and O–H groups in total. The number of halogens is 3. The highest BCUT2D eigenvalue weighted by atomic mass is 35.7. The molecule has 1 aromatic heterocycles. The van der Waals surface area contributed by atoms with Crippen LogP contribution in [0.15, 0.2) is 11.1 Å². The summed E-state index contributed by atoms with van der Waals surface area (Å²) in [7, 11) is 0.426. The molecule has 0 atom stereocenters. The van der Waals surface area contributed by atoms with Crippen LogP contribution < -0.4 is 0 Å². The van der Waals surface area contributed by atoms with Crippen molar-refractivity contribution in [2.24, 2.45) is 0 Å². The molecule has 10 heteroatoms. The third-order valence-electron chi connectivity index (χ3n) is 1.89. The van der Waals surface area contributed by atoms with E-state index in [1.807, 2.05) is 0 Å². The number of pyridine rings is 1. The molecular formula is C7H5ClF2N2O4S. The number of nitrogens with zero attached hydrogens (tertiary/aromatic N) is 2. The topological polar surface area (TPSA) is 90.2 Å². The van der Waals surface area contributed by atoms with E-state index in [1.165, 1.54) is 0 Å². The summed E-state index contributed by atoms with van der Waals surface area (Å²) in [6.07, 6.45) is -2.77. The minimum Gasteiger partial charge on any atom is -0.258 e. The van der Waals surface area contributed by atoms with Gasteiger partial charge in [-0.15, -0.1) is 0 Å². The normalized spacial score (nSPS) is 11.8. The van der Waals surface area contributed by atoms with E-state index in [-0.39, 0.29) is 5.69 Å². The van der Waals surface area contributed by atoms with Gasteiger partial charge >= 0.3 is 0 Å². The van der Waals surface area contributed by atoms with Crippen LogP contribution in [0.1, 0.15) is 17.7 Å². The van der Waals surface area contributed by atoms with E-state index >= 15 is 0 Å². The SMILES string of the molecule is Cc1ncc([N+](=O)[O-])c(C(F)F)c1S(=O)(=O)Cl. The smallest absolute Gasteiger partial charge is 0.258 e. The predicted octanol–water partition coefficient (Wildman–Crippen LogP) is 2.16. The maximum atomic E-state index is 12.7. The van der Waals surface area contributed by atoms with Gasteiger partial charge in [-0.2, -0.15) is 0 Å². The second-order valence-corrected chi connectivity index (χ2v) is 5.47. The van der Waals surface area contributed by atoms with Crippen LogP contribution in [0.25, 0.3) is 0 Å². The van der Waals surface area contributed by atoms with Crippen molar-refractivity contribution in [2.75, 3.05) is 0 Å². The lowest BCUT2D eigenvalue weighted by Crippen LogP contribution is -2.07. The number of aromatic nitrogens is 1.